The van der Waals surface area contributed by atoms with Gasteiger partial charge in [0.05, 0.1) is 12.1 Å². The summed E-state index contributed by atoms with van der Waals surface area (Å²) in [7, 11) is 0. The van der Waals surface area contributed by atoms with Crippen molar-refractivity contribution in [3.63, 3.8) is 0 Å². The topological polar surface area (TPSA) is 110 Å². The predicted molar refractivity (Wildman–Crippen MR) is 60.3 cm³/mol. The van der Waals surface area contributed by atoms with E-state index >= 15 is 0 Å². The van der Waals surface area contributed by atoms with E-state index in [0.717, 1.165) is 6.42 Å². The Balaban J connectivity index is 2.88. The molecule has 1 unspecified atom stereocenters. The van der Waals surface area contributed by atoms with Gasteiger partial charge in [0.1, 0.15) is 11.6 Å². The van der Waals surface area contributed by atoms with Gasteiger partial charge in [-0.2, -0.15) is 9.97 Å². The maximum absolute atomic E-state index is 9.22. The van der Waals surface area contributed by atoms with Crippen LogP contribution >= 0.6 is 0 Å². The Morgan fingerprint density at radius 3 is 2.60 bits per heavy atom. The first-order valence-electron chi connectivity index (χ1n) is 4.78. The molecule has 0 amide bonds. The van der Waals surface area contributed by atoms with E-state index in [1.165, 1.54) is 0 Å². The molecule has 0 radical (unpaired) electrons. The number of anilines is 3. The summed E-state index contributed by atoms with van der Waals surface area (Å²) in [5, 5.41) is 12.3. The average molecular weight is 211 g/mol. The molecular weight excluding hydrogens is 194 g/mol. The van der Waals surface area contributed by atoms with E-state index in [-0.39, 0.29) is 12.6 Å². The van der Waals surface area contributed by atoms with Crippen LogP contribution in [0.3, 0.4) is 0 Å². The van der Waals surface area contributed by atoms with E-state index in [1.54, 1.807) is 6.07 Å². The van der Waals surface area contributed by atoms with Crippen LogP contribution in [-0.4, -0.2) is 27.2 Å². The summed E-state index contributed by atoms with van der Waals surface area (Å²) in [5.74, 6) is 0.952. The maximum atomic E-state index is 9.22. The zero-order valence-electron chi connectivity index (χ0n) is 8.99. The Bertz CT molecular complexity index is 317. The summed E-state index contributed by atoms with van der Waals surface area (Å²) in [5.41, 5.74) is 10.6. The van der Waals surface area contributed by atoms with Crippen molar-refractivity contribution in [2.75, 3.05) is 23.4 Å². The van der Waals surface area contributed by atoms with Gasteiger partial charge < -0.3 is 21.9 Å². The highest BCUT2D eigenvalue weighted by Crippen LogP contribution is 2.18. The molecule has 15 heavy (non-hydrogen) atoms. The highest BCUT2D eigenvalue weighted by atomic mass is 16.3. The van der Waals surface area contributed by atoms with Gasteiger partial charge in [0, 0.05) is 6.07 Å². The fourth-order valence-corrected chi connectivity index (χ4v) is 1.10. The minimum atomic E-state index is -0.423. The molecule has 0 aliphatic heterocycles. The van der Waals surface area contributed by atoms with Crippen molar-refractivity contribution in [2.24, 2.45) is 0 Å². The van der Waals surface area contributed by atoms with E-state index in [2.05, 4.69) is 15.3 Å². The predicted octanol–water partition coefficient (Wildman–Crippen LogP) is 0.214. The van der Waals surface area contributed by atoms with E-state index < -0.39 is 5.54 Å². The van der Waals surface area contributed by atoms with Crippen molar-refractivity contribution in [1.29, 1.82) is 0 Å². The van der Waals surface area contributed by atoms with Gasteiger partial charge in [-0.3, -0.25) is 0 Å². The molecule has 0 saturated heterocycles. The number of nitrogens with zero attached hydrogens (tertiary/aromatic N) is 2. The fourth-order valence-electron chi connectivity index (χ4n) is 1.10. The van der Waals surface area contributed by atoms with Crippen LogP contribution in [0.1, 0.15) is 20.3 Å². The number of nitrogens with two attached hydrogens (primary N) is 2. The van der Waals surface area contributed by atoms with Gasteiger partial charge in [0.25, 0.3) is 0 Å². The number of rotatable bonds is 4. The van der Waals surface area contributed by atoms with E-state index in [0.29, 0.717) is 11.6 Å². The number of nitrogens with one attached hydrogen (secondary N) is 1. The number of nitrogen functional groups attached to an aromatic ring is 2. The summed E-state index contributed by atoms with van der Waals surface area (Å²) < 4.78 is 0. The second kappa shape index (κ2) is 4.31. The van der Waals surface area contributed by atoms with Crippen LogP contribution < -0.4 is 16.8 Å². The molecule has 1 aromatic heterocycles. The second-order valence-electron chi connectivity index (χ2n) is 3.73. The lowest BCUT2D eigenvalue weighted by Gasteiger charge is -2.27. The molecule has 0 spiro atoms. The first-order chi connectivity index (χ1) is 6.99. The number of aliphatic hydroxyl groups excluding tert-OH is 1. The highest BCUT2D eigenvalue weighted by molar-refractivity contribution is 5.49. The van der Waals surface area contributed by atoms with Crippen LogP contribution in [0.15, 0.2) is 6.07 Å². The number of hydrogen-bond donors (Lipinski definition) is 4. The molecule has 1 heterocycles. The molecule has 6 nitrogen and oxygen atoms in total. The second-order valence-corrected chi connectivity index (χ2v) is 3.73. The SMILES string of the molecule is CCC(C)(CO)Nc1cc(N)nc(N)n1. The van der Waals surface area contributed by atoms with Crippen LogP contribution in [0.25, 0.3) is 0 Å². The van der Waals surface area contributed by atoms with Gasteiger partial charge in [-0.15, -0.1) is 0 Å². The van der Waals surface area contributed by atoms with Gasteiger partial charge in [-0.25, -0.2) is 0 Å². The molecule has 0 bridgehead atoms. The lowest BCUT2D eigenvalue weighted by Crippen LogP contribution is -2.38. The summed E-state index contributed by atoms with van der Waals surface area (Å²) in [4.78, 5) is 7.74. The molecular formula is C9H17N5O. The van der Waals surface area contributed by atoms with Gasteiger partial charge in [0.2, 0.25) is 5.95 Å². The Morgan fingerprint density at radius 1 is 1.47 bits per heavy atom. The molecule has 0 aliphatic rings. The largest absolute Gasteiger partial charge is 0.394 e. The number of aromatic nitrogens is 2. The molecule has 0 saturated carbocycles. The van der Waals surface area contributed by atoms with Crippen LogP contribution in [0.2, 0.25) is 0 Å². The summed E-state index contributed by atoms with van der Waals surface area (Å²) in [6.45, 7) is 3.87. The molecule has 6 N–H and O–H groups in total. The van der Waals surface area contributed by atoms with Gasteiger partial charge in [0.15, 0.2) is 0 Å². The Labute approximate surface area is 88.7 Å². The third-order valence-electron chi connectivity index (χ3n) is 2.32. The zero-order chi connectivity index (χ0) is 11.5. The first kappa shape index (κ1) is 11.5. The van der Waals surface area contributed by atoms with Crippen molar-refractivity contribution < 1.29 is 5.11 Å². The lowest BCUT2D eigenvalue weighted by molar-refractivity contribution is 0.218. The van der Waals surface area contributed by atoms with E-state index in [4.69, 9.17) is 11.5 Å². The molecule has 0 aromatic carbocycles. The molecule has 1 aromatic rings. The van der Waals surface area contributed by atoms with Crippen molar-refractivity contribution in [2.45, 2.75) is 25.8 Å². The Kier molecular flexibility index (Phi) is 3.31. The van der Waals surface area contributed by atoms with Crippen LogP contribution in [0.4, 0.5) is 17.6 Å². The monoisotopic (exact) mass is 211 g/mol. The standard InChI is InChI=1S/C9H17N5O/c1-3-9(2,5-15)14-7-4-6(10)12-8(11)13-7/h4,15H,3,5H2,1-2H3,(H5,10,11,12,13,14). The molecule has 0 aliphatic carbocycles. The Hall–Kier alpha value is -1.56. The molecule has 84 valence electrons. The molecule has 0 fully saturated rings. The van der Waals surface area contributed by atoms with E-state index in [9.17, 15) is 5.11 Å². The van der Waals surface area contributed by atoms with Crippen LogP contribution in [-0.2, 0) is 0 Å². The first-order valence-corrected chi connectivity index (χ1v) is 4.78. The minimum Gasteiger partial charge on any atom is -0.394 e. The van der Waals surface area contributed by atoms with Crippen molar-refractivity contribution in [3.05, 3.63) is 6.07 Å². The molecule has 1 rings (SSSR count). The van der Waals surface area contributed by atoms with Crippen molar-refractivity contribution in [1.82, 2.24) is 9.97 Å². The van der Waals surface area contributed by atoms with Crippen LogP contribution in [0, 0.1) is 0 Å². The number of aliphatic hydroxyl groups is 1. The van der Waals surface area contributed by atoms with Crippen LogP contribution in [0.5, 0.6) is 0 Å². The highest BCUT2D eigenvalue weighted by Gasteiger charge is 2.21. The van der Waals surface area contributed by atoms with E-state index in [1.807, 2.05) is 13.8 Å². The van der Waals surface area contributed by atoms with Crippen molar-refractivity contribution >= 4 is 17.6 Å². The smallest absolute Gasteiger partial charge is 0.223 e. The average Bonchev–Trinajstić information content (AvgIpc) is 2.16. The summed E-state index contributed by atoms with van der Waals surface area (Å²) in [6, 6.07) is 1.58. The lowest BCUT2D eigenvalue weighted by atomic mass is 10.0. The third kappa shape index (κ3) is 2.95. The number of hydrogen-bond acceptors (Lipinski definition) is 6. The fraction of sp³-hybridized carbons (Fsp3) is 0.556. The third-order valence-corrected chi connectivity index (χ3v) is 2.32. The minimum absolute atomic E-state index is 0.00725. The summed E-state index contributed by atoms with van der Waals surface area (Å²) in [6.07, 6.45) is 0.757. The van der Waals surface area contributed by atoms with Gasteiger partial charge in [-0.1, -0.05) is 6.92 Å². The zero-order valence-corrected chi connectivity index (χ0v) is 8.99. The van der Waals surface area contributed by atoms with Gasteiger partial charge in [-0.05, 0) is 13.3 Å². The maximum Gasteiger partial charge on any atom is 0.223 e. The van der Waals surface area contributed by atoms with Gasteiger partial charge >= 0.3 is 0 Å². The molecule has 6 heteroatoms. The van der Waals surface area contributed by atoms with Crippen molar-refractivity contribution in [3.8, 4) is 0 Å². The Morgan fingerprint density at radius 2 is 2.13 bits per heavy atom. The summed E-state index contributed by atoms with van der Waals surface area (Å²) >= 11 is 0. The normalized spacial score (nSPS) is 14.6. The molecule has 1 atom stereocenters. The quantitative estimate of drug-likeness (QED) is 0.567.